The minimum atomic E-state index is -4.43. The molecule has 0 saturated carbocycles. The Kier molecular flexibility index (Phi) is 6.86. The molecule has 0 aliphatic carbocycles. The summed E-state index contributed by atoms with van der Waals surface area (Å²) in [5, 5.41) is 6.68. The van der Waals surface area contributed by atoms with Gasteiger partial charge in [-0.25, -0.2) is 4.98 Å². The van der Waals surface area contributed by atoms with E-state index in [9.17, 15) is 18.0 Å². The van der Waals surface area contributed by atoms with Gasteiger partial charge in [0.05, 0.1) is 11.8 Å². The van der Waals surface area contributed by atoms with Crippen molar-refractivity contribution in [2.45, 2.75) is 13.1 Å². The molecule has 0 radical (unpaired) electrons. The summed E-state index contributed by atoms with van der Waals surface area (Å²) in [6.45, 7) is 1.83. The van der Waals surface area contributed by atoms with E-state index in [2.05, 4.69) is 20.8 Å². The number of aromatic nitrogens is 1. The Balaban J connectivity index is 1.46. The lowest BCUT2D eigenvalue weighted by Crippen LogP contribution is -2.20. The Hall–Kier alpha value is -3.88. The number of alkyl halides is 3. The molecule has 6 nitrogen and oxygen atoms in total. The highest BCUT2D eigenvalue weighted by atomic mass is 19.4. The largest absolute Gasteiger partial charge is 0.484 e. The molecule has 0 saturated heterocycles. The fraction of sp³-hybridized carbons (Fsp3) is 0.136. The predicted octanol–water partition coefficient (Wildman–Crippen LogP) is 4.87. The second kappa shape index (κ2) is 9.75. The van der Waals surface area contributed by atoms with Gasteiger partial charge in [-0.15, -0.1) is 0 Å². The summed E-state index contributed by atoms with van der Waals surface area (Å²) < 4.78 is 43.0. The molecule has 1 heterocycles. The number of halogens is 3. The molecule has 160 valence electrons. The molecule has 3 aromatic rings. The molecule has 0 fully saturated rings. The number of hydrogen-bond acceptors (Lipinski definition) is 5. The zero-order valence-electron chi connectivity index (χ0n) is 16.5. The van der Waals surface area contributed by atoms with Crippen molar-refractivity contribution >= 4 is 23.6 Å². The molecule has 9 heteroatoms. The van der Waals surface area contributed by atoms with E-state index in [-0.39, 0.29) is 18.3 Å². The van der Waals surface area contributed by atoms with Crippen LogP contribution in [0.1, 0.15) is 16.7 Å². The molecule has 31 heavy (non-hydrogen) atoms. The molecule has 0 bridgehead atoms. The number of nitrogens with one attached hydrogen (secondary N) is 2. The highest BCUT2D eigenvalue weighted by molar-refractivity contribution is 5.91. The third kappa shape index (κ3) is 6.84. The number of nitrogens with zero attached hydrogens (tertiary/aromatic N) is 2. The molecular weight excluding hydrogens is 409 g/mol. The normalized spacial score (nSPS) is 11.4. The first kappa shape index (κ1) is 21.8. The third-order valence-electron chi connectivity index (χ3n) is 4.07. The van der Waals surface area contributed by atoms with E-state index in [4.69, 9.17) is 4.74 Å². The number of benzene rings is 2. The molecule has 3 rings (SSSR count). The van der Waals surface area contributed by atoms with Crippen LogP contribution in [-0.2, 0) is 11.0 Å². The number of aryl methyl sites for hydroxylation is 1. The monoisotopic (exact) mass is 428 g/mol. The molecule has 1 amide bonds. The first-order chi connectivity index (χ1) is 14.8. The van der Waals surface area contributed by atoms with Gasteiger partial charge in [-0.05, 0) is 61.0 Å². The molecule has 2 N–H and O–H groups in total. The van der Waals surface area contributed by atoms with Crippen molar-refractivity contribution in [2.75, 3.05) is 17.3 Å². The average molecular weight is 428 g/mol. The van der Waals surface area contributed by atoms with Crippen LogP contribution in [-0.4, -0.2) is 23.7 Å². The summed E-state index contributed by atoms with van der Waals surface area (Å²) in [6.07, 6.45) is -2.22. The second-order valence-corrected chi connectivity index (χ2v) is 6.57. The fourth-order valence-electron chi connectivity index (χ4n) is 2.43. The van der Waals surface area contributed by atoms with E-state index in [0.29, 0.717) is 11.4 Å². The van der Waals surface area contributed by atoms with Gasteiger partial charge in [0.2, 0.25) is 0 Å². The Morgan fingerprint density at radius 2 is 1.77 bits per heavy atom. The van der Waals surface area contributed by atoms with Crippen molar-refractivity contribution in [3.63, 3.8) is 0 Å². The van der Waals surface area contributed by atoms with Gasteiger partial charge in [-0.1, -0.05) is 17.7 Å². The van der Waals surface area contributed by atoms with Crippen molar-refractivity contribution in [2.24, 2.45) is 5.10 Å². The van der Waals surface area contributed by atoms with E-state index in [0.717, 1.165) is 23.4 Å². The van der Waals surface area contributed by atoms with Gasteiger partial charge in [0, 0.05) is 11.9 Å². The summed E-state index contributed by atoms with van der Waals surface area (Å²) in [7, 11) is 0. The second-order valence-electron chi connectivity index (χ2n) is 6.57. The molecule has 0 spiro atoms. The molecular formula is C22H19F3N4O2. The maximum absolute atomic E-state index is 12.5. The smallest absolute Gasteiger partial charge is 0.417 e. The van der Waals surface area contributed by atoms with Crippen LogP contribution >= 0.6 is 0 Å². The van der Waals surface area contributed by atoms with Crippen molar-refractivity contribution in [1.82, 2.24) is 4.98 Å². The van der Waals surface area contributed by atoms with E-state index < -0.39 is 11.7 Å². The molecule has 0 unspecified atom stereocenters. The lowest BCUT2D eigenvalue weighted by Gasteiger charge is -2.08. The van der Waals surface area contributed by atoms with E-state index >= 15 is 0 Å². The number of ether oxygens (including phenoxy) is 1. The predicted molar refractivity (Wildman–Crippen MR) is 112 cm³/mol. The number of rotatable bonds is 7. The van der Waals surface area contributed by atoms with Crippen LogP contribution in [0.25, 0.3) is 0 Å². The highest BCUT2D eigenvalue weighted by Gasteiger charge is 2.30. The van der Waals surface area contributed by atoms with Crippen LogP contribution in [0.4, 0.5) is 24.7 Å². The van der Waals surface area contributed by atoms with Crippen molar-refractivity contribution in [3.8, 4) is 5.75 Å². The van der Waals surface area contributed by atoms with Crippen LogP contribution in [0.2, 0.25) is 0 Å². The molecule has 2 aromatic carbocycles. The minimum absolute atomic E-state index is 0.136. The van der Waals surface area contributed by atoms with Crippen LogP contribution in [0.3, 0.4) is 0 Å². The topological polar surface area (TPSA) is 75.6 Å². The number of carbonyl (C=O) groups excluding carboxylic acids is 1. The van der Waals surface area contributed by atoms with Gasteiger partial charge < -0.3 is 10.1 Å². The SMILES string of the molecule is Cc1ccc(NC(=O)COc2ccc(/C=N\Nc3ccc(C(F)(F)F)cn3)cc2)cc1. The van der Waals surface area contributed by atoms with Gasteiger partial charge in [0.25, 0.3) is 5.91 Å². The summed E-state index contributed by atoms with van der Waals surface area (Å²) in [6, 6.07) is 16.3. The van der Waals surface area contributed by atoms with Gasteiger partial charge in [0.15, 0.2) is 6.61 Å². The molecule has 0 aliphatic heterocycles. The Morgan fingerprint density at radius 1 is 1.06 bits per heavy atom. The number of pyridine rings is 1. The zero-order valence-corrected chi connectivity index (χ0v) is 16.5. The van der Waals surface area contributed by atoms with Gasteiger partial charge in [0.1, 0.15) is 11.6 Å². The maximum Gasteiger partial charge on any atom is 0.417 e. The minimum Gasteiger partial charge on any atom is -0.484 e. The van der Waals surface area contributed by atoms with Crippen LogP contribution in [0.5, 0.6) is 5.75 Å². The van der Waals surface area contributed by atoms with E-state index in [1.165, 1.54) is 12.3 Å². The molecule has 0 atom stereocenters. The van der Waals surface area contributed by atoms with Gasteiger partial charge >= 0.3 is 6.18 Å². The zero-order chi connectivity index (χ0) is 22.3. The van der Waals surface area contributed by atoms with Crippen molar-refractivity contribution in [3.05, 3.63) is 83.6 Å². The first-order valence-corrected chi connectivity index (χ1v) is 9.21. The highest BCUT2D eigenvalue weighted by Crippen LogP contribution is 2.28. The first-order valence-electron chi connectivity index (χ1n) is 9.21. The Bertz CT molecular complexity index is 1030. The lowest BCUT2D eigenvalue weighted by molar-refractivity contribution is -0.137. The Morgan fingerprint density at radius 3 is 2.39 bits per heavy atom. The van der Waals surface area contributed by atoms with E-state index in [1.807, 2.05) is 31.2 Å². The maximum atomic E-state index is 12.5. The van der Waals surface area contributed by atoms with Gasteiger partial charge in [-0.2, -0.15) is 18.3 Å². The quantitative estimate of drug-likeness (QED) is 0.416. The number of anilines is 2. The van der Waals surface area contributed by atoms with Crippen LogP contribution in [0.15, 0.2) is 72.0 Å². The van der Waals surface area contributed by atoms with Crippen LogP contribution in [0, 0.1) is 6.92 Å². The third-order valence-corrected chi connectivity index (χ3v) is 4.07. The molecule has 0 aliphatic rings. The standard InChI is InChI=1S/C22H19F3N4O2/c1-15-2-7-18(8-3-15)28-21(30)14-31-19-9-4-16(5-10-19)12-27-29-20-11-6-17(13-26-20)22(23,24)25/h2-13H,14H2,1H3,(H,26,29)(H,28,30)/b27-12-. The summed E-state index contributed by atoms with van der Waals surface area (Å²) >= 11 is 0. The number of carbonyl (C=O) groups is 1. The van der Waals surface area contributed by atoms with Gasteiger partial charge in [-0.3, -0.25) is 10.2 Å². The lowest BCUT2D eigenvalue weighted by atomic mass is 10.2. The fourth-order valence-corrected chi connectivity index (χ4v) is 2.43. The Labute approximate surface area is 176 Å². The average Bonchev–Trinajstić information content (AvgIpc) is 2.74. The van der Waals surface area contributed by atoms with Crippen molar-refractivity contribution in [1.29, 1.82) is 0 Å². The number of amides is 1. The number of hydrogen-bond donors (Lipinski definition) is 2. The summed E-state index contributed by atoms with van der Waals surface area (Å²) in [5.41, 5.74) is 4.25. The molecule has 1 aromatic heterocycles. The van der Waals surface area contributed by atoms with Crippen LogP contribution < -0.4 is 15.5 Å². The van der Waals surface area contributed by atoms with Crippen molar-refractivity contribution < 1.29 is 22.7 Å². The summed E-state index contributed by atoms with van der Waals surface area (Å²) in [4.78, 5) is 15.6. The van der Waals surface area contributed by atoms with E-state index in [1.54, 1.807) is 24.3 Å². The number of hydrazone groups is 1. The summed E-state index contributed by atoms with van der Waals surface area (Å²) in [5.74, 6) is 0.417.